The number of hydrogen-bond acceptors (Lipinski definition) is 1. The Bertz CT molecular complexity index is 420. The van der Waals surface area contributed by atoms with Crippen molar-refractivity contribution in [2.24, 2.45) is 0 Å². The van der Waals surface area contributed by atoms with Crippen LogP contribution in [0.2, 0.25) is 0 Å². The number of alkyl halides is 3. The third kappa shape index (κ3) is 3.96. The van der Waals surface area contributed by atoms with Crippen molar-refractivity contribution in [3.05, 3.63) is 35.4 Å². The van der Waals surface area contributed by atoms with Gasteiger partial charge in [0, 0.05) is 5.54 Å². The van der Waals surface area contributed by atoms with Crippen LogP contribution in [0.3, 0.4) is 0 Å². The van der Waals surface area contributed by atoms with Crippen molar-refractivity contribution in [3.63, 3.8) is 0 Å². The molecule has 1 fully saturated rings. The minimum Gasteiger partial charge on any atom is -0.312 e. The van der Waals surface area contributed by atoms with Crippen molar-refractivity contribution in [1.82, 2.24) is 5.32 Å². The molecule has 1 unspecified atom stereocenters. The predicted octanol–water partition coefficient (Wildman–Crippen LogP) is 4.17. The summed E-state index contributed by atoms with van der Waals surface area (Å²) < 4.78 is 37.9. The van der Waals surface area contributed by atoms with E-state index in [1.165, 1.54) is 25.0 Å². The highest BCUT2D eigenvalue weighted by Crippen LogP contribution is 2.30. The second-order valence-electron chi connectivity index (χ2n) is 5.64. The Hall–Kier alpha value is -1.03. The van der Waals surface area contributed by atoms with E-state index in [9.17, 15) is 13.2 Å². The molecule has 0 aromatic heterocycles. The van der Waals surface area contributed by atoms with Crippen molar-refractivity contribution in [3.8, 4) is 0 Å². The van der Waals surface area contributed by atoms with Gasteiger partial charge in [0.1, 0.15) is 0 Å². The van der Waals surface area contributed by atoms with Crippen LogP contribution < -0.4 is 5.32 Å². The molecule has 4 heteroatoms. The Balaban J connectivity index is 1.99. The van der Waals surface area contributed by atoms with Gasteiger partial charge in [-0.25, -0.2) is 0 Å². The molecule has 1 nitrogen and oxygen atoms in total. The predicted molar refractivity (Wildman–Crippen MR) is 70.0 cm³/mol. The smallest absolute Gasteiger partial charge is 0.312 e. The fourth-order valence-corrected chi connectivity index (χ4v) is 2.66. The van der Waals surface area contributed by atoms with Gasteiger partial charge in [-0.3, -0.25) is 0 Å². The van der Waals surface area contributed by atoms with Crippen molar-refractivity contribution >= 4 is 0 Å². The van der Waals surface area contributed by atoms with Crippen LogP contribution in [0.25, 0.3) is 0 Å². The van der Waals surface area contributed by atoms with Gasteiger partial charge in [-0.15, -0.1) is 0 Å². The van der Waals surface area contributed by atoms with Crippen LogP contribution in [-0.2, 0) is 12.6 Å². The van der Waals surface area contributed by atoms with Crippen molar-refractivity contribution in [1.29, 1.82) is 0 Å². The van der Waals surface area contributed by atoms with E-state index >= 15 is 0 Å². The number of nitrogens with one attached hydrogen (secondary N) is 1. The summed E-state index contributed by atoms with van der Waals surface area (Å²) in [5, 5.41) is 3.49. The van der Waals surface area contributed by atoms with E-state index in [1.54, 1.807) is 6.07 Å². The monoisotopic (exact) mass is 271 g/mol. The Morgan fingerprint density at radius 1 is 1.26 bits per heavy atom. The van der Waals surface area contributed by atoms with Gasteiger partial charge in [0.25, 0.3) is 0 Å². The van der Waals surface area contributed by atoms with Gasteiger partial charge in [-0.2, -0.15) is 13.2 Å². The first-order chi connectivity index (χ1) is 8.89. The molecule has 0 amide bonds. The number of piperidine rings is 1. The van der Waals surface area contributed by atoms with Gasteiger partial charge in [-0.05, 0) is 50.8 Å². The molecule has 0 spiro atoms. The Morgan fingerprint density at radius 2 is 2.05 bits per heavy atom. The molecule has 1 heterocycles. The average Bonchev–Trinajstić information content (AvgIpc) is 2.37. The van der Waals surface area contributed by atoms with Crippen LogP contribution in [0.1, 0.15) is 43.7 Å². The summed E-state index contributed by atoms with van der Waals surface area (Å²) in [4.78, 5) is 0. The molecule has 2 rings (SSSR count). The number of benzene rings is 1. The molecule has 0 aliphatic carbocycles. The zero-order valence-corrected chi connectivity index (χ0v) is 11.2. The molecule has 1 aromatic carbocycles. The normalized spacial score (nSPS) is 24.4. The molecule has 19 heavy (non-hydrogen) atoms. The van der Waals surface area contributed by atoms with Crippen LogP contribution in [0.5, 0.6) is 0 Å². The standard InChI is InChI=1S/C15H20F3N/c1-14(8-2-3-10-19-14)9-7-12-5-4-6-13(11-12)15(16,17)18/h4-6,11,19H,2-3,7-10H2,1H3. The first-order valence-corrected chi connectivity index (χ1v) is 6.80. The third-order valence-corrected chi connectivity index (χ3v) is 3.93. The zero-order valence-electron chi connectivity index (χ0n) is 11.2. The number of aryl methyl sites for hydroxylation is 1. The first kappa shape index (κ1) is 14.4. The Labute approximate surface area is 112 Å². The lowest BCUT2D eigenvalue weighted by Crippen LogP contribution is -2.46. The van der Waals surface area contributed by atoms with E-state index in [-0.39, 0.29) is 5.54 Å². The second kappa shape index (κ2) is 5.53. The van der Waals surface area contributed by atoms with Crippen LogP contribution in [0.4, 0.5) is 13.2 Å². The highest BCUT2D eigenvalue weighted by molar-refractivity contribution is 5.26. The molecule has 1 N–H and O–H groups in total. The van der Waals surface area contributed by atoms with Gasteiger partial charge >= 0.3 is 6.18 Å². The van der Waals surface area contributed by atoms with Crippen LogP contribution in [-0.4, -0.2) is 12.1 Å². The maximum absolute atomic E-state index is 12.6. The minimum absolute atomic E-state index is 0.0759. The molecule has 1 aliphatic rings. The SMILES string of the molecule is CC1(CCc2cccc(C(F)(F)F)c2)CCCCN1. The van der Waals surface area contributed by atoms with Crippen molar-refractivity contribution < 1.29 is 13.2 Å². The summed E-state index contributed by atoms with van der Waals surface area (Å²) in [6, 6.07) is 5.67. The van der Waals surface area contributed by atoms with E-state index in [1.807, 2.05) is 0 Å². The number of hydrogen-bond donors (Lipinski definition) is 1. The molecule has 0 saturated carbocycles. The Kier molecular flexibility index (Phi) is 4.19. The lowest BCUT2D eigenvalue weighted by atomic mass is 9.85. The van der Waals surface area contributed by atoms with E-state index in [0.717, 1.165) is 31.0 Å². The summed E-state index contributed by atoms with van der Waals surface area (Å²) in [7, 11) is 0. The highest BCUT2D eigenvalue weighted by atomic mass is 19.4. The fourth-order valence-electron chi connectivity index (χ4n) is 2.66. The van der Waals surface area contributed by atoms with E-state index < -0.39 is 11.7 Å². The van der Waals surface area contributed by atoms with Crippen LogP contribution >= 0.6 is 0 Å². The lowest BCUT2D eigenvalue weighted by Gasteiger charge is -2.35. The molecule has 1 atom stereocenters. The minimum atomic E-state index is -4.25. The van der Waals surface area contributed by atoms with E-state index in [0.29, 0.717) is 6.42 Å². The molecule has 1 saturated heterocycles. The molecule has 0 radical (unpaired) electrons. The Morgan fingerprint density at radius 3 is 2.68 bits per heavy atom. The topological polar surface area (TPSA) is 12.0 Å². The summed E-state index contributed by atoms with van der Waals surface area (Å²) in [6.07, 6.45) is 0.821. The van der Waals surface area contributed by atoms with Gasteiger partial charge in [-0.1, -0.05) is 24.6 Å². The molecule has 1 aliphatic heterocycles. The van der Waals surface area contributed by atoms with Gasteiger partial charge in [0.15, 0.2) is 0 Å². The van der Waals surface area contributed by atoms with Crippen molar-refractivity contribution in [2.75, 3.05) is 6.54 Å². The zero-order chi connectivity index (χ0) is 13.9. The van der Waals surface area contributed by atoms with Gasteiger partial charge in [0.05, 0.1) is 5.56 Å². The average molecular weight is 271 g/mol. The van der Waals surface area contributed by atoms with Crippen LogP contribution in [0.15, 0.2) is 24.3 Å². The van der Waals surface area contributed by atoms with Gasteiger partial charge in [0.2, 0.25) is 0 Å². The molecule has 0 bridgehead atoms. The molecular weight excluding hydrogens is 251 g/mol. The fraction of sp³-hybridized carbons (Fsp3) is 0.600. The van der Waals surface area contributed by atoms with E-state index in [2.05, 4.69) is 12.2 Å². The summed E-state index contributed by atoms with van der Waals surface area (Å²) in [5.41, 5.74) is 0.294. The third-order valence-electron chi connectivity index (χ3n) is 3.93. The van der Waals surface area contributed by atoms with Crippen LogP contribution in [0, 0.1) is 0 Å². The van der Waals surface area contributed by atoms with E-state index in [4.69, 9.17) is 0 Å². The first-order valence-electron chi connectivity index (χ1n) is 6.80. The maximum Gasteiger partial charge on any atom is 0.416 e. The lowest BCUT2D eigenvalue weighted by molar-refractivity contribution is -0.137. The summed E-state index contributed by atoms with van der Waals surface area (Å²) in [5.74, 6) is 0. The van der Waals surface area contributed by atoms with Crippen molar-refractivity contribution in [2.45, 2.75) is 50.7 Å². The second-order valence-corrected chi connectivity index (χ2v) is 5.64. The molecular formula is C15H20F3N. The highest BCUT2D eigenvalue weighted by Gasteiger charge is 2.30. The molecule has 106 valence electrons. The largest absolute Gasteiger partial charge is 0.416 e. The molecule has 1 aromatic rings. The maximum atomic E-state index is 12.6. The summed E-state index contributed by atoms with van der Waals surface area (Å²) >= 11 is 0. The summed E-state index contributed by atoms with van der Waals surface area (Å²) in [6.45, 7) is 3.18. The number of halogens is 3. The quantitative estimate of drug-likeness (QED) is 0.870. The number of rotatable bonds is 3. The van der Waals surface area contributed by atoms with Gasteiger partial charge < -0.3 is 5.32 Å².